The molecule has 2 aliphatic heterocycles. The molecule has 2 aromatic rings. The zero-order valence-corrected chi connectivity index (χ0v) is 15.2. The van der Waals surface area contributed by atoms with E-state index >= 15 is 0 Å². The van der Waals surface area contributed by atoms with Crippen molar-refractivity contribution >= 4 is 5.82 Å². The Morgan fingerprint density at radius 2 is 1.76 bits per heavy atom. The number of aryl methyl sites for hydroxylation is 2. The van der Waals surface area contributed by atoms with Gasteiger partial charge in [0.25, 0.3) is 0 Å². The second kappa shape index (κ2) is 6.72. The molecule has 2 aliphatic rings. The summed E-state index contributed by atoms with van der Waals surface area (Å²) in [5.41, 5.74) is 2.10. The molecule has 7 heteroatoms. The van der Waals surface area contributed by atoms with Gasteiger partial charge < -0.3 is 14.5 Å². The molecule has 2 saturated heterocycles. The molecule has 4 heterocycles. The van der Waals surface area contributed by atoms with Gasteiger partial charge in [-0.1, -0.05) is 0 Å². The van der Waals surface area contributed by atoms with E-state index in [2.05, 4.69) is 43.9 Å². The number of aromatic nitrogens is 4. The summed E-state index contributed by atoms with van der Waals surface area (Å²) in [5, 5.41) is 4.53. The lowest BCUT2D eigenvalue weighted by Crippen LogP contribution is -2.31. The molecule has 0 amide bonds. The topological polar surface area (TPSA) is 59.3 Å². The summed E-state index contributed by atoms with van der Waals surface area (Å²) in [6.45, 7) is 10.4. The Bertz CT molecular complexity index is 731. The average Bonchev–Trinajstić information content (AvgIpc) is 3.25. The van der Waals surface area contributed by atoms with Crippen molar-refractivity contribution < 1.29 is 4.74 Å². The predicted molar refractivity (Wildman–Crippen MR) is 96.1 cm³/mol. The molecule has 7 nitrogen and oxygen atoms in total. The summed E-state index contributed by atoms with van der Waals surface area (Å²) < 4.78 is 7.10. The second-order valence-electron chi connectivity index (χ2n) is 7.25. The lowest BCUT2D eigenvalue weighted by Gasteiger charge is -2.22. The number of fused-ring (bicyclic) bond motifs is 1. The summed E-state index contributed by atoms with van der Waals surface area (Å²) in [5.74, 6) is 3.30. The number of likely N-dealkylation sites (tertiary alicyclic amines) is 1. The Kier molecular flexibility index (Phi) is 4.43. The molecule has 2 unspecified atom stereocenters. The van der Waals surface area contributed by atoms with Gasteiger partial charge in [-0.3, -0.25) is 0 Å². The maximum Gasteiger partial charge on any atom is 0.159 e. The normalized spacial score (nSPS) is 23.4. The van der Waals surface area contributed by atoms with Gasteiger partial charge in [-0.2, -0.15) is 5.10 Å². The quantitative estimate of drug-likeness (QED) is 0.816. The van der Waals surface area contributed by atoms with Gasteiger partial charge in [-0.15, -0.1) is 0 Å². The highest BCUT2D eigenvalue weighted by molar-refractivity contribution is 5.45. The number of rotatable bonds is 5. The van der Waals surface area contributed by atoms with Gasteiger partial charge in [0.2, 0.25) is 0 Å². The van der Waals surface area contributed by atoms with Crippen molar-refractivity contribution in [3.05, 3.63) is 29.8 Å². The number of ether oxygens (including phenoxy) is 1. The SMILES string of the molecule is COCCN1CC2CN(c3cc(-n4nc(C)cc4C)ncn3)CC2C1. The van der Waals surface area contributed by atoms with E-state index in [1.54, 1.807) is 13.4 Å². The predicted octanol–water partition coefficient (Wildman–Crippen LogP) is 1.29. The Hall–Kier alpha value is -1.99. The fourth-order valence-corrected chi connectivity index (χ4v) is 4.17. The number of anilines is 1. The van der Waals surface area contributed by atoms with Crippen molar-refractivity contribution in [2.75, 3.05) is 51.3 Å². The van der Waals surface area contributed by atoms with Crippen LogP contribution in [0, 0.1) is 25.7 Å². The van der Waals surface area contributed by atoms with E-state index in [4.69, 9.17) is 4.74 Å². The second-order valence-corrected chi connectivity index (χ2v) is 7.25. The minimum atomic E-state index is 0.726. The molecule has 0 N–H and O–H groups in total. The summed E-state index contributed by atoms with van der Waals surface area (Å²) in [4.78, 5) is 13.9. The van der Waals surface area contributed by atoms with Gasteiger partial charge in [0, 0.05) is 51.6 Å². The lowest BCUT2D eigenvalue weighted by molar-refractivity contribution is 0.157. The number of hydrogen-bond acceptors (Lipinski definition) is 6. The zero-order chi connectivity index (χ0) is 17.4. The molecule has 0 radical (unpaired) electrons. The van der Waals surface area contributed by atoms with E-state index in [1.165, 1.54) is 13.1 Å². The van der Waals surface area contributed by atoms with E-state index in [1.807, 2.05) is 11.6 Å². The third-order valence-electron chi connectivity index (χ3n) is 5.36. The zero-order valence-electron chi connectivity index (χ0n) is 15.2. The molecule has 0 spiro atoms. The lowest BCUT2D eigenvalue weighted by atomic mass is 10.0. The van der Waals surface area contributed by atoms with Crippen molar-refractivity contribution in [1.29, 1.82) is 0 Å². The first kappa shape index (κ1) is 16.5. The van der Waals surface area contributed by atoms with E-state index < -0.39 is 0 Å². The standard InChI is InChI=1S/C18H26N6O/c1-13-6-14(2)24(21-13)18-7-17(19-12-20-18)23-10-15-8-22(4-5-25-3)9-16(15)11-23/h6-7,12,15-16H,4-5,8-11H2,1-3H3. The Morgan fingerprint density at radius 1 is 1.04 bits per heavy atom. The summed E-state index contributed by atoms with van der Waals surface area (Å²) in [6, 6.07) is 4.12. The van der Waals surface area contributed by atoms with Crippen LogP contribution in [-0.2, 0) is 4.74 Å². The smallest absolute Gasteiger partial charge is 0.159 e. The van der Waals surface area contributed by atoms with Crippen LogP contribution in [0.2, 0.25) is 0 Å². The van der Waals surface area contributed by atoms with Gasteiger partial charge in [-0.05, 0) is 31.7 Å². The van der Waals surface area contributed by atoms with E-state index in [-0.39, 0.29) is 0 Å². The highest BCUT2D eigenvalue weighted by atomic mass is 16.5. The monoisotopic (exact) mass is 342 g/mol. The highest BCUT2D eigenvalue weighted by Crippen LogP contribution is 2.33. The summed E-state index contributed by atoms with van der Waals surface area (Å²) >= 11 is 0. The molecule has 4 rings (SSSR count). The van der Waals surface area contributed by atoms with Gasteiger partial charge in [0.1, 0.15) is 12.1 Å². The fraction of sp³-hybridized carbons (Fsp3) is 0.611. The van der Waals surface area contributed by atoms with Crippen LogP contribution < -0.4 is 4.90 Å². The number of nitrogens with zero attached hydrogens (tertiary/aromatic N) is 6. The fourth-order valence-electron chi connectivity index (χ4n) is 4.17. The minimum absolute atomic E-state index is 0.726. The molecule has 134 valence electrons. The van der Waals surface area contributed by atoms with E-state index in [0.717, 1.165) is 61.1 Å². The van der Waals surface area contributed by atoms with Gasteiger partial charge in [0.15, 0.2) is 5.82 Å². The molecule has 0 saturated carbocycles. The highest BCUT2D eigenvalue weighted by Gasteiger charge is 2.40. The Balaban J connectivity index is 1.46. The van der Waals surface area contributed by atoms with Crippen LogP contribution in [0.3, 0.4) is 0 Å². The average molecular weight is 342 g/mol. The largest absolute Gasteiger partial charge is 0.383 e. The van der Waals surface area contributed by atoms with Gasteiger partial charge in [0.05, 0.1) is 12.3 Å². The molecular formula is C18H26N6O. The van der Waals surface area contributed by atoms with Crippen molar-refractivity contribution in [3.8, 4) is 5.82 Å². The number of methoxy groups -OCH3 is 1. The van der Waals surface area contributed by atoms with Crippen molar-refractivity contribution in [1.82, 2.24) is 24.6 Å². The summed E-state index contributed by atoms with van der Waals surface area (Å²) in [7, 11) is 1.77. The van der Waals surface area contributed by atoms with Crippen molar-refractivity contribution in [2.24, 2.45) is 11.8 Å². The first-order valence-electron chi connectivity index (χ1n) is 8.96. The molecule has 0 bridgehead atoms. The molecule has 2 atom stereocenters. The van der Waals surface area contributed by atoms with Gasteiger partial charge >= 0.3 is 0 Å². The van der Waals surface area contributed by atoms with Gasteiger partial charge in [-0.25, -0.2) is 14.6 Å². The molecule has 0 aromatic carbocycles. The molecule has 2 aromatic heterocycles. The third kappa shape index (κ3) is 3.26. The van der Waals surface area contributed by atoms with Crippen LogP contribution in [0.5, 0.6) is 0 Å². The first-order valence-corrected chi connectivity index (χ1v) is 8.96. The Labute approximate surface area is 148 Å². The van der Waals surface area contributed by atoms with Crippen molar-refractivity contribution in [3.63, 3.8) is 0 Å². The van der Waals surface area contributed by atoms with Crippen LogP contribution in [0.15, 0.2) is 18.5 Å². The third-order valence-corrected chi connectivity index (χ3v) is 5.36. The maximum atomic E-state index is 5.21. The van der Waals surface area contributed by atoms with Crippen LogP contribution in [0.1, 0.15) is 11.4 Å². The summed E-state index contributed by atoms with van der Waals surface area (Å²) in [6.07, 6.45) is 1.65. The molecule has 2 fully saturated rings. The minimum Gasteiger partial charge on any atom is -0.383 e. The van der Waals surface area contributed by atoms with E-state index in [0.29, 0.717) is 0 Å². The number of hydrogen-bond donors (Lipinski definition) is 0. The molecule has 25 heavy (non-hydrogen) atoms. The molecular weight excluding hydrogens is 316 g/mol. The van der Waals surface area contributed by atoms with Crippen LogP contribution in [0.4, 0.5) is 5.82 Å². The molecule has 0 aliphatic carbocycles. The van der Waals surface area contributed by atoms with Crippen molar-refractivity contribution in [2.45, 2.75) is 13.8 Å². The maximum absolute atomic E-state index is 5.21. The van der Waals surface area contributed by atoms with E-state index in [9.17, 15) is 0 Å². The van der Waals surface area contributed by atoms with Crippen LogP contribution in [-0.4, -0.2) is 71.1 Å². The van der Waals surface area contributed by atoms with Crippen LogP contribution >= 0.6 is 0 Å². The Morgan fingerprint density at radius 3 is 2.40 bits per heavy atom. The first-order chi connectivity index (χ1) is 12.1. The van der Waals surface area contributed by atoms with Crippen LogP contribution in [0.25, 0.3) is 5.82 Å².